The highest BCUT2D eigenvalue weighted by molar-refractivity contribution is 8.00. The number of hydrogen-bond acceptors (Lipinski definition) is 3. The summed E-state index contributed by atoms with van der Waals surface area (Å²) in [6, 6.07) is 16.8. The highest BCUT2D eigenvalue weighted by atomic mass is 32.2. The van der Waals surface area contributed by atoms with Gasteiger partial charge in [-0.2, -0.15) is 0 Å². The molecule has 0 bridgehead atoms. The van der Waals surface area contributed by atoms with Crippen molar-refractivity contribution in [3.8, 4) is 0 Å². The lowest BCUT2D eigenvalue weighted by Crippen LogP contribution is -2.35. The molecule has 0 radical (unpaired) electrons. The third-order valence-corrected chi connectivity index (χ3v) is 6.08. The zero-order chi connectivity index (χ0) is 19.1. The first-order valence-corrected chi connectivity index (χ1v) is 10.4. The second kappa shape index (κ2) is 9.60. The largest absolute Gasteiger partial charge is 0.349 e. The summed E-state index contributed by atoms with van der Waals surface area (Å²) in [4.78, 5) is 25.8. The fourth-order valence-corrected chi connectivity index (χ4v) is 4.62. The van der Waals surface area contributed by atoms with Crippen molar-refractivity contribution in [3.63, 3.8) is 0 Å². The van der Waals surface area contributed by atoms with Crippen LogP contribution < -0.4 is 10.6 Å². The Morgan fingerprint density at radius 3 is 2.44 bits per heavy atom. The monoisotopic (exact) mass is 382 g/mol. The number of hydrogen-bond donors (Lipinski definition) is 2. The summed E-state index contributed by atoms with van der Waals surface area (Å²) in [7, 11) is 0. The van der Waals surface area contributed by atoms with Crippen molar-refractivity contribution in [1.82, 2.24) is 5.32 Å². The van der Waals surface area contributed by atoms with E-state index in [2.05, 4.69) is 16.7 Å². The number of para-hydroxylation sites is 1. The molecule has 1 fully saturated rings. The van der Waals surface area contributed by atoms with Crippen LogP contribution in [0.2, 0.25) is 0 Å². The van der Waals surface area contributed by atoms with Gasteiger partial charge in [0, 0.05) is 28.2 Å². The summed E-state index contributed by atoms with van der Waals surface area (Å²) in [5, 5.41) is 6.54. The molecule has 142 valence electrons. The van der Waals surface area contributed by atoms with Gasteiger partial charge in [0.05, 0.1) is 5.69 Å². The van der Waals surface area contributed by atoms with Crippen LogP contribution in [0, 0.1) is 0 Å². The van der Waals surface area contributed by atoms with Crippen LogP contribution in [0.1, 0.15) is 49.4 Å². The molecule has 2 amide bonds. The van der Waals surface area contributed by atoms with E-state index in [1.807, 2.05) is 55.1 Å². The van der Waals surface area contributed by atoms with Crippen LogP contribution in [-0.2, 0) is 4.79 Å². The van der Waals surface area contributed by atoms with E-state index >= 15 is 0 Å². The van der Waals surface area contributed by atoms with Crippen molar-refractivity contribution in [2.24, 2.45) is 0 Å². The molecule has 1 aliphatic rings. The van der Waals surface area contributed by atoms with Gasteiger partial charge in [0.2, 0.25) is 5.91 Å². The van der Waals surface area contributed by atoms with Gasteiger partial charge in [-0.1, -0.05) is 43.2 Å². The van der Waals surface area contributed by atoms with E-state index in [0.717, 1.165) is 10.6 Å². The van der Waals surface area contributed by atoms with Gasteiger partial charge in [-0.05, 0) is 44.0 Å². The molecular formula is C22H26N2O2S. The topological polar surface area (TPSA) is 58.2 Å². The van der Waals surface area contributed by atoms with Gasteiger partial charge in [0.15, 0.2) is 0 Å². The van der Waals surface area contributed by atoms with E-state index in [0.29, 0.717) is 10.8 Å². The Labute approximate surface area is 165 Å². The summed E-state index contributed by atoms with van der Waals surface area (Å²) in [6.45, 7) is 1.85. The molecule has 2 aromatic carbocycles. The molecular weight excluding hydrogens is 356 g/mol. The number of carbonyl (C=O) groups excluding carboxylic acids is 2. The molecule has 1 unspecified atom stereocenters. The van der Waals surface area contributed by atoms with Gasteiger partial charge in [0.1, 0.15) is 0 Å². The number of carbonyl (C=O) groups is 2. The van der Waals surface area contributed by atoms with Gasteiger partial charge < -0.3 is 10.6 Å². The van der Waals surface area contributed by atoms with Crippen LogP contribution in [0.15, 0.2) is 59.5 Å². The highest BCUT2D eigenvalue weighted by Crippen LogP contribution is 2.38. The minimum absolute atomic E-state index is 0.0877. The lowest BCUT2D eigenvalue weighted by Gasteiger charge is -2.16. The van der Waals surface area contributed by atoms with Crippen LogP contribution in [-0.4, -0.2) is 23.1 Å². The molecule has 1 saturated carbocycles. The van der Waals surface area contributed by atoms with Crippen LogP contribution >= 0.6 is 11.8 Å². The number of anilines is 1. The van der Waals surface area contributed by atoms with Crippen LogP contribution in [0.3, 0.4) is 0 Å². The van der Waals surface area contributed by atoms with Gasteiger partial charge in [0.25, 0.3) is 5.91 Å². The Morgan fingerprint density at radius 1 is 1.04 bits per heavy atom. The molecule has 0 saturated heterocycles. The van der Waals surface area contributed by atoms with Crippen molar-refractivity contribution in [2.45, 2.75) is 55.2 Å². The molecule has 2 N–H and O–H groups in total. The number of rotatable bonds is 7. The first-order valence-electron chi connectivity index (χ1n) is 9.53. The molecule has 5 heteroatoms. The summed E-state index contributed by atoms with van der Waals surface area (Å²) < 4.78 is 0. The Kier molecular flexibility index (Phi) is 6.93. The normalized spacial score (nSPS) is 15.3. The lowest BCUT2D eigenvalue weighted by atomic mass is 10.1. The van der Waals surface area contributed by atoms with E-state index in [1.54, 1.807) is 12.1 Å². The molecule has 0 spiro atoms. The Hall–Kier alpha value is -2.27. The average molecular weight is 383 g/mol. The van der Waals surface area contributed by atoms with E-state index < -0.39 is 0 Å². The van der Waals surface area contributed by atoms with E-state index in [1.165, 1.54) is 25.7 Å². The minimum atomic E-state index is -0.243. The molecule has 1 aliphatic carbocycles. The summed E-state index contributed by atoms with van der Waals surface area (Å²) in [5.41, 5.74) is 1.46. The predicted octanol–water partition coefficient (Wildman–Crippen LogP) is 4.87. The molecule has 0 aliphatic heterocycles. The van der Waals surface area contributed by atoms with E-state index in [9.17, 15) is 9.59 Å². The molecule has 27 heavy (non-hydrogen) atoms. The van der Waals surface area contributed by atoms with Crippen LogP contribution in [0.5, 0.6) is 0 Å². The standard InChI is InChI=1S/C22H26N2O2S/c1-16(23-22(26)17-9-3-2-4-10-17)15-21(25)24-19-13-7-8-14-20(19)27-18-11-5-6-12-18/h2-4,7-10,13-14,16,18H,5-6,11-12,15H2,1H3,(H,23,26)(H,24,25). The van der Waals surface area contributed by atoms with Gasteiger partial charge in [-0.3, -0.25) is 9.59 Å². The molecule has 0 heterocycles. The van der Waals surface area contributed by atoms with Crippen LogP contribution in [0.4, 0.5) is 5.69 Å². The first-order chi connectivity index (χ1) is 13.1. The summed E-state index contributed by atoms with van der Waals surface area (Å²) in [6.07, 6.45) is 5.32. The zero-order valence-electron chi connectivity index (χ0n) is 15.6. The third-order valence-electron chi connectivity index (χ3n) is 4.66. The maximum atomic E-state index is 12.5. The fourth-order valence-electron chi connectivity index (χ4n) is 3.29. The number of thioether (sulfide) groups is 1. The van der Waals surface area contributed by atoms with Crippen molar-refractivity contribution in [1.29, 1.82) is 0 Å². The summed E-state index contributed by atoms with van der Waals surface area (Å²) >= 11 is 1.86. The molecule has 2 aromatic rings. The SMILES string of the molecule is CC(CC(=O)Nc1ccccc1SC1CCCC1)NC(=O)c1ccccc1. The number of nitrogens with one attached hydrogen (secondary N) is 2. The summed E-state index contributed by atoms with van der Waals surface area (Å²) in [5.74, 6) is -0.247. The number of amides is 2. The average Bonchev–Trinajstić information content (AvgIpc) is 3.17. The molecule has 1 atom stereocenters. The van der Waals surface area contributed by atoms with Crippen molar-refractivity contribution in [3.05, 3.63) is 60.2 Å². The predicted molar refractivity (Wildman–Crippen MR) is 111 cm³/mol. The second-order valence-corrected chi connectivity index (χ2v) is 8.36. The Balaban J connectivity index is 1.53. The zero-order valence-corrected chi connectivity index (χ0v) is 16.4. The van der Waals surface area contributed by atoms with Gasteiger partial charge >= 0.3 is 0 Å². The van der Waals surface area contributed by atoms with Crippen molar-refractivity contribution >= 4 is 29.3 Å². The lowest BCUT2D eigenvalue weighted by molar-refractivity contribution is -0.116. The van der Waals surface area contributed by atoms with Gasteiger partial charge in [-0.25, -0.2) is 0 Å². The van der Waals surface area contributed by atoms with E-state index in [-0.39, 0.29) is 24.3 Å². The molecule has 4 nitrogen and oxygen atoms in total. The minimum Gasteiger partial charge on any atom is -0.349 e. The highest BCUT2D eigenvalue weighted by Gasteiger charge is 2.19. The Bertz CT molecular complexity index is 773. The van der Waals surface area contributed by atoms with Gasteiger partial charge in [-0.15, -0.1) is 11.8 Å². The van der Waals surface area contributed by atoms with Crippen molar-refractivity contribution < 1.29 is 9.59 Å². The first kappa shape index (κ1) is 19.5. The van der Waals surface area contributed by atoms with Crippen LogP contribution in [0.25, 0.3) is 0 Å². The smallest absolute Gasteiger partial charge is 0.251 e. The fraction of sp³-hybridized carbons (Fsp3) is 0.364. The Morgan fingerprint density at radius 2 is 1.70 bits per heavy atom. The maximum absolute atomic E-state index is 12.5. The molecule has 3 rings (SSSR count). The van der Waals surface area contributed by atoms with Crippen molar-refractivity contribution in [2.75, 3.05) is 5.32 Å². The second-order valence-electron chi connectivity index (χ2n) is 7.01. The number of benzene rings is 2. The molecule has 0 aromatic heterocycles. The quantitative estimate of drug-likeness (QED) is 0.718. The maximum Gasteiger partial charge on any atom is 0.251 e. The van der Waals surface area contributed by atoms with E-state index in [4.69, 9.17) is 0 Å². The third kappa shape index (κ3) is 5.86.